The number of amides is 1. The van der Waals surface area contributed by atoms with Gasteiger partial charge in [-0.2, -0.15) is 5.10 Å². The van der Waals surface area contributed by atoms with Crippen LogP contribution >= 0.6 is 0 Å². The molecule has 1 N–H and O–H groups in total. The summed E-state index contributed by atoms with van der Waals surface area (Å²) in [4.78, 5) is 14.7. The third-order valence-electron chi connectivity index (χ3n) is 4.78. The fourth-order valence-electron chi connectivity index (χ4n) is 3.08. The molecule has 1 aliphatic heterocycles. The van der Waals surface area contributed by atoms with Gasteiger partial charge in [0.15, 0.2) is 0 Å². The van der Waals surface area contributed by atoms with E-state index in [0.29, 0.717) is 12.2 Å². The van der Waals surface area contributed by atoms with E-state index in [0.717, 1.165) is 29.6 Å². The van der Waals surface area contributed by atoms with Crippen molar-refractivity contribution in [2.75, 3.05) is 31.6 Å². The average Bonchev–Trinajstić information content (AvgIpc) is 3.15. The molecular formula is C19H26N4O2. The maximum absolute atomic E-state index is 12.3. The van der Waals surface area contributed by atoms with Crippen molar-refractivity contribution in [3.63, 3.8) is 0 Å². The Morgan fingerprint density at radius 2 is 2.12 bits per heavy atom. The normalized spacial score (nSPS) is 17.6. The van der Waals surface area contributed by atoms with Gasteiger partial charge in [0, 0.05) is 31.5 Å². The largest absolute Gasteiger partial charge is 0.492 e. The molecule has 1 aliphatic rings. The molecule has 6 heteroatoms. The van der Waals surface area contributed by atoms with E-state index in [1.165, 1.54) is 19.5 Å². The molecule has 2 heterocycles. The second kappa shape index (κ2) is 7.70. The summed E-state index contributed by atoms with van der Waals surface area (Å²) < 4.78 is 7.49. The van der Waals surface area contributed by atoms with Gasteiger partial charge in [-0.25, -0.2) is 0 Å². The first kappa shape index (κ1) is 17.5. The molecule has 0 bridgehead atoms. The Morgan fingerprint density at radius 3 is 2.72 bits per heavy atom. The summed E-state index contributed by atoms with van der Waals surface area (Å²) in [7, 11) is 1.82. The zero-order valence-electron chi connectivity index (χ0n) is 15.2. The lowest BCUT2D eigenvalue weighted by Gasteiger charge is -2.15. The van der Waals surface area contributed by atoms with Gasteiger partial charge in [0.1, 0.15) is 12.4 Å². The van der Waals surface area contributed by atoms with Crippen molar-refractivity contribution in [2.24, 2.45) is 13.0 Å². The first-order valence-corrected chi connectivity index (χ1v) is 8.78. The van der Waals surface area contributed by atoms with Gasteiger partial charge in [0.25, 0.3) is 5.91 Å². The predicted octanol–water partition coefficient (Wildman–Crippen LogP) is 2.70. The SMILES string of the molecule is Cc1c(C(=O)Nc2ccc(OCCN3CC[C@@H](C)C3)cc2)cnn1C. The Labute approximate surface area is 148 Å². The lowest BCUT2D eigenvalue weighted by molar-refractivity contribution is 0.102. The van der Waals surface area contributed by atoms with Gasteiger partial charge < -0.3 is 10.1 Å². The standard InChI is InChI=1S/C19H26N4O2/c1-14-8-9-23(13-14)10-11-25-17-6-4-16(5-7-17)21-19(24)18-12-20-22(3)15(18)2/h4-7,12,14H,8-11,13H2,1-3H3,(H,21,24)/t14-/m1/s1. The van der Waals surface area contributed by atoms with Gasteiger partial charge in [0.2, 0.25) is 0 Å². The highest BCUT2D eigenvalue weighted by Crippen LogP contribution is 2.18. The molecule has 3 rings (SSSR count). The Hall–Kier alpha value is -2.34. The van der Waals surface area contributed by atoms with Gasteiger partial charge in [-0.05, 0) is 50.1 Å². The number of hydrogen-bond donors (Lipinski definition) is 1. The molecule has 0 spiro atoms. The summed E-state index contributed by atoms with van der Waals surface area (Å²) in [6.07, 6.45) is 2.87. The maximum atomic E-state index is 12.3. The molecule has 0 aliphatic carbocycles. The number of likely N-dealkylation sites (tertiary alicyclic amines) is 1. The van der Waals surface area contributed by atoms with E-state index in [9.17, 15) is 4.79 Å². The van der Waals surface area contributed by atoms with E-state index >= 15 is 0 Å². The van der Waals surface area contributed by atoms with Crippen molar-refractivity contribution >= 4 is 11.6 Å². The zero-order valence-corrected chi connectivity index (χ0v) is 15.2. The number of nitrogens with one attached hydrogen (secondary N) is 1. The second-order valence-electron chi connectivity index (χ2n) is 6.79. The number of hydrogen-bond acceptors (Lipinski definition) is 4. The van der Waals surface area contributed by atoms with Gasteiger partial charge >= 0.3 is 0 Å². The maximum Gasteiger partial charge on any atom is 0.259 e. The Balaban J connectivity index is 1.48. The van der Waals surface area contributed by atoms with Crippen LogP contribution in [0.1, 0.15) is 29.4 Å². The molecule has 1 aromatic carbocycles. The van der Waals surface area contributed by atoms with Crippen molar-refractivity contribution in [3.8, 4) is 5.75 Å². The number of anilines is 1. The quantitative estimate of drug-likeness (QED) is 0.877. The molecule has 1 fully saturated rings. The van der Waals surface area contributed by atoms with Crippen molar-refractivity contribution in [2.45, 2.75) is 20.3 Å². The van der Waals surface area contributed by atoms with E-state index in [2.05, 4.69) is 22.2 Å². The van der Waals surface area contributed by atoms with Crippen LogP contribution in [-0.4, -0.2) is 46.8 Å². The summed E-state index contributed by atoms with van der Waals surface area (Å²) in [6, 6.07) is 7.49. The lowest BCUT2D eigenvalue weighted by atomic mass is 10.2. The van der Waals surface area contributed by atoms with Crippen LogP contribution in [-0.2, 0) is 7.05 Å². The Kier molecular flexibility index (Phi) is 5.38. The number of ether oxygens (including phenoxy) is 1. The van der Waals surface area contributed by atoms with E-state index in [4.69, 9.17) is 4.74 Å². The Morgan fingerprint density at radius 1 is 1.36 bits per heavy atom. The van der Waals surface area contributed by atoms with Crippen LogP contribution in [0.5, 0.6) is 5.75 Å². The van der Waals surface area contributed by atoms with Crippen LogP contribution < -0.4 is 10.1 Å². The minimum Gasteiger partial charge on any atom is -0.492 e. The zero-order chi connectivity index (χ0) is 17.8. The van der Waals surface area contributed by atoms with Gasteiger partial charge in [0.05, 0.1) is 11.8 Å². The summed E-state index contributed by atoms with van der Waals surface area (Å²) in [6.45, 7) is 8.16. The molecule has 1 aromatic heterocycles. The first-order valence-electron chi connectivity index (χ1n) is 8.78. The van der Waals surface area contributed by atoms with E-state index in [1.807, 2.05) is 38.2 Å². The predicted molar refractivity (Wildman–Crippen MR) is 98.1 cm³/mol. The highest BCUT2D eigenvalue weighted by Gasteiger charge is 2.18. The van der Waals surface area contributed by atoms with Gasteiger partial charge in [-0.15, -0.1) is 0 Å². The minimum absolute atomic E-state index is 0.151. The second-order valence-corrected chi connectivity index (χ2v) is 6.79. The molecule has 1 amide bonds. The smallest absolute Gasteiger partial charge is 0.259 e. The molecule has 0 unspecified atom stereocenters. The summed E-state index contributed by atoms with van der Waals surface area (Å²) in [5, 5.41) is 6.99. The van der Waals surface area contributed by atoms with E-state index in [-0.39, 0.29) is 5.91 Å². The lowest BCUT2D eigenvalue weighted by Crippen LogP contribution is -2.25. The van der Waals surface area contributed by atoms with Crippen LogP contribution in [0.4, 0.5) is 5.69 Å². The van der Waals surface area contributed by atoms with E-state index in [1.54, 1.807) is 10.9 Å². The molecule has 0 radical (unpaired) electrons. The third kappa shape index (κ3) is 4.39. The number of rotatable bonds is 6. The summed E-state index contributed by atoms with van der Waals surface area (Å²) in [5.41, 5.74) is 2.17. The number of aromatic nitrogens is 2. The first-order chi connectivity index (χ1) is 12.0. The fourth-order valence-corrected chi connectivity index (χ4v) is 3.08. The van der Waals surface area contributed by atoms with Crippen LogP contribution in [0, 0.1) is 12.8 Å². The van der Waals surface area contributed by atoms with E-state index < -0.39 is 0 Å². The van der Waals surface area contributed by atoms with Crippen molar-refractivity contribution in [1.29, 1.82) is 0 Å². The van der Waals surface area contributed by atoms with Crippen LogP contribution in [0.15, 0.2) is 30.5 Å². The van der Waals surface area contributed by atoms with Crippen molar-refractivity contribution in [3.05, 3.63) is 41.7 Å². The molecule has 25 heavy (non-hydrogen) atoms. The number of nitrogens with zero attached hydrogens (tertiary/aromatic N) is 3. The van der Waals surface area contributed by atoms with Crippen molar-refractivity contribution in [1.82, 2.24) is 14.7 Å². The molecule has 1 saturated heterocycles. The highest BCUT2D eigenvalue weighted by atomic mass is 16.5. The highest BCUT2D eigenvalue weighted by molar-refractivity contribution is 6.04. The summed E-state index contributed by atoms with van der Waals surface area (Å²) >= 11 is 0. The molecular weight excluding hydrogens is 316 g/mol. The molecule has 0 saturated carbocycles. The molecule has 2 aromatic rings. The molecule has 134 valence electrons. The number of carbonyl (C=O) groups is 1. The average molecular weight is 342 g/mol. The van der Waals surface area contributed by atoms with Crippen LogP contribution in [0.25, 0.3) is 0 Å². The van der Waals surface area contributed by atoms with Gasteiger partial charge in [-0.1, -0.05) is 6.92 Å². The van der Waals surface area contributed by atoms with Crippen LogP contribution in [0.3, 0.4) is 0 Å². The molecule has 1 atom stereocenters. The minimum atomic E-state index is -0.151. The monoisotopic (exact) mass is 342 g/mol. The number of benzene rings is 1. The number of aryl methyl sites for hydroxylation is 1. The molecule has 6 nitrogen and oxygen atoms in total. The van der Waals surface area contributed by atoms with Gasteiger partial charge in [-0.3, -0.25) is 14.4 Å². The summed E-state index contributed by atoms with van der Waals surface area (Å²) in [5.74, 6) is 1.47. The fraction of sp³-hybridized carbons (Fsp3) is 0.474. The third-order valence-corrected chi connectivity index (χ3v) is 4.78. The van der Waals surface area contributed by atoms with Crippen LogP contribution in [0.2, 0.25) is 0 Å². The topological polar surface area (TPSA) is 59.4 Å². The Bertz CT molecular complexity index is 724. The number of carbonyl (C=O) groups excluding carboxylic acids is 1. The van der Waals surface area contributed by atoms with Crippen molar-refractivity contribution < 1.29 is 9.53 Å².